The van der Waals surface area contributed by atoms with Crippen molar-refractivity contribution < 1.29 is 0 Å². The Balaban J connectivity index is 1.07. The SMILES string of the molecule is C1=CC2=C(c3ccc4ccc(-c5ccccn5)nc4c3)C=CC3=CC=C4C(c5c6ccccc6nc6c5ccc5cccnc56)=CC=C1C4C32. The predicted molar refractivity (Wildman–Crippen MR) is 204 cm³/mol. The van der Waals surface area contributed by atoms with Gasteiger partial charge in [0.05, 0.1) is 33.5 Å². The van der Waals surface area contributed by atoms with E-state index in [2.05, 4.69) is 126 Å². The number of pyridine rings is 4. The van der Waals surface area contributed by atoms with E-state index in [0.29, 0.717) is 0 Å². The number of benzene rings is 3. The Morgan fingerprint density at radius 2 is 1.34 bits per heavy atom. The van der Waals surface area contributed by atoms with E-state index in [1.807, 2.05) is 36.7 Å². The molecular formula is C46H28N4. The minimum Gasteiger partial charge on any atom is -0.255 e. The van der Waals surface area contributed by atoms with E-state index in [4.69, 9.17) is 15.0 Å². The molecule has 0 radical (unpaired) electrons. The fourth-order valence-electron chi connectivity index (χ4n) is 8.49. The largest absolute Gasteiger partial charge is 0.255 e. The summed E-state index contributed by atoms with van der Waals surface area (Å²) in [6.07, 6.45) is 22.3. The Hall–Kier alpha value is -6.52. The third-order valence-electron chi connectivity index (χ3n) is 10.8. The molecule has 11 rings (SSSR count). The van der Waals surface area contributed by atoms with E-state index in [9.17, 15) is 0 Å². The molecule has 7 aromatic rings. The van der Waals surface area contributed by atoms with Crippen LogP contribution in [0.1, 0.15) is 11.1 Å². The molecule has 0 N–H and O–H groups in total. The highest BCUT2D eigenvalue weighted by molar-refractivity contribution is 6.15. The topological polar surface area (TPSA) is 51.6 Å². The molecule has 4 heterocycles. The lowest BCUT2D eigenvalue weighted by Gasteiger charge is -2.42. The van der Waals surface area contributed by atoms with Crippen LogP contribution in [0, 0.1) is 11.8 Å². The van der Waals surface area contributed by atoms with Crippen LogP contribution in [0.15, 0.2) is 180 Å². The fraction of sp³-hybridized carbons (Fsp3) is 0.0435. The smallest absolute Gasteiger partial charge is 0.0978 e. The highest BCUT2D eigenvalue weighted by Crippen LogP contribution is 2.55. The van der Waals surface area contributed by atoms with Gasteiger partial charge in [0.15, 0.2) is 0 Å². The second-order valence-electron chi connectivity index (χ2n) is 13.4. The number of hydrogen-bond donors (Lipinski definition) is 0. The molecule has 3 aromatic carbocycles. The number of nitrogens with zero attached hydrogens (tertiary/aromatic N) is 4. The Morgan fingerprint density at radius 1 is 0.500 bits per heavy atom. The first-order valence-corrected chi connectivity index (χ1v) is 17.1. The summed E-state index contributed by atoms with van der Waals surface area (Å²) in [5.74, 6) is 0.435. The van der Waals surface area contributed by atoms with Crippen molar-refractivity contribution >= 4 is 54.8 Å². The van der Waals surface area contributed by atoms with Gasteiger partial charge in [0.1, 0.15) is 0 Å². The van der Waals surface area contributed by atoms with Gasteiger partial charge in [0.25, 0.3) is 0 Å². The average Bonchev–Trinajstić information content (AvgIpc) is 3.19. The number of hydrogen-bond acceptors (Lipinski definition) is 4. The average molecular weight is 637 g/mol. The molecule has 0 saturated heterocycles. The predicted octanol–water partition coefficient (Wildman–Crippen LogP) is 10.6. The Kier molecular flexibility index (Phi) is 5.75. The summed E-state index contributed by atoms with van der Waals surface area (Å²) in [4.78, 5) is 19.6. The maximum atomic E-state index is 5.18. The van der Waals surface area contributed by atoms with Crippen molar-refractivity contribution in [3.05, 3.63) is 191 Å². The molecule has 0 spiro atoms. The van der Waals surface area contributed by atoms with Gasteiger partial charge in [-0.2, -0.15) is 0 Å². The van der Waals surface area contributed by atoms with Gasteiger partial charge < -0.3 is 0 Å². The summed E-state index contributed by atoms with van der Waals surface area (Å²) in [5, 5.41) is 4.51. The van der Waals surface area contributed by atoms with Gasteiger partial charge in [-0.05, 0) is 75.4 Å². The summed E-state index contributed by atoms with van der Waals surface area (Å²) in [5.41, 5.74) is 15.9. The number of fused-ring (bicyclic) bond motifs is 5. The number of para-hydroxylation sites is 1. The summed E-state index contributed by atoms with van der Waals surface area (Å²) in [6, 6.07) is 33.9. The molecule has 50 heavy (non-hydrogen) atoms. The van der Waals surface area contributed by atoms with Crippen LogP contribution in [0.5, 0.6) is 0 Å². The van der Waals surface area contributed by atoms with Crippen molar-refractivity contribution in [2.24, 2.45) is 11.8 Å². The highest BCUT2D eigenvalue weighted by Gasteiger charge is 2.41. The minimum absolute atomic E-state index is 0.213. The lowest BCUT2D eigenvalue weighted by molar-refractivity contribution is 0.569. The summed E-state index contributed by atoms with van der Waals surface area (Å²) in [6.45, 7) is 0. The minimum atomic E-state index is 0.213. The summed E-state index contributed by atoms with van der Waals surface area (Å²) in [7, 11) is 0. The van der Waals surface area contributed by atoms with Crippen molar-refractivity contribution in [2.75, 3.05) is 0 Å². The van der Waals surface area contributed by atoms with Crippen LogP contribution in [-0.4, -0.2) is 19.9 Å². The Bertz CT molecular complexity index is 2860. The van der Waals surface area contributed by atoms with Crippen LogP contribution in [0.3, 0.4) is 0 Å². The van der Waals surface area contributed by atoms with Gasteiger partial charge in [0.2, 0.25) is 0 Å². The molecule has 2 unspecified atom stereocenters. The quantitative estimate of drug-likeness (QED) is 0.143. The molecule has 0 fully saturated rings. The zero-order valence-corrected chi connectivity index (χ0v) is 27.0. The van der Waals surface area contributed by atoms with E-state index >= 15 is 0 Å². The van der Waals surface area contributed by atoms with Crippen LogP contribution in [-0.2, 0) is 0 Å². The molecule has 0 aliphatic heterocycles. The van der Waals surface area contributed by atoms with Gasteiger partial charge >= 0.3 is 0 Å². The van der Waals surface area contributed by atoms with Crippen LogP contribution in [0.2, 0.25) is 0 Å². The third-order valence-corrected chi connectivity index (χ3v) is 10.8. The first kappa shape index (κ1) is 27.4. The van der Waals surface area contributed by atoms with E-state index in [-0.39, 0.29) is 11.8 Å². The first-order chi connectivity index (χ1) is 24.8. The third kappa shape index (κ3) is 3.99. The molecule has 0 saturated carbocycles. The van der Waals surface area contributed by atoms with Crippen LogP contribution < -0.4 is 0 Å². The van der Waals surface area contributed by atoms with Crippen LogP contribution in [0.4, 0.5) is 0 Å². The summed E-state index contributed by atoms with van der Waals surface area (Å²) >= 11 is 0. The molecule has 232 valence electrons. The lowest BCUT2D eigenvalue weighted by atomic mass is 9.61. The van der Waals surface area contributed by atoms with Gasteiger partial charge in [-0.15, -0.1) is 0 Å². The maximum Gasteiger partial charge on any atom is 0.0978 e. The molecule has 4 aliphatic rings. The molecule has 4 aliphatic carbocycles. The molecule has 0 amide bonds. The van der Waals surface area contributed by atoms with E-state index in [0.717, 1.165) is 55.0 Å². The van der Waals surface area contributed by atoms with Crippen molar-refractivity contribution in [3.8, 4) is 11.4 Å². The molecule has 0 bridgehead atoms. The van der Waals surface area contributed by atoms with Gasteiger partial charge in [-0.25, -0.2) is 9.97 Å². The monoisotopic (exact) mass is 636 g/mol. The van der Waals surface area contributed by atoms with E-state index < -0.39 is 0 Å². The first-order valence-electron chi connectivity index (χ1n) is 17.1. The van der Waals surface area contributed by atoms with Gasteiger partial charge in [0, 0.05) is 51.3 Å². The Labute approximate surface area is 288 Å². The molecule has 4 aromatic heterocycles. The van der Waals surface area contributed by atoms with Crippen LogP contribution in [0.25, 0.3) is 66.1 Å². The standard InChI is InChI=1S/C46H28N4/c1-2-8-38-36(7-1)44(37-22-16-30-6-5-25-48-45(30)46(37)50-38)35-21-15-29-13-19-33-32(18-12-28-14-20-34(35)43(29)42(28)33)31-11-10-27-17-23-40(49-41(27)26-31)39-9-3-4-24-47-39/h1-26,42-43H. The van der Waals surface area contributed by atoms with Crippen molar-refractivity contribution in [1.82, 2.24) is 19.9 Å². The zero-order valence-electron chi connectivity index (χ0n) is 27.0. The number of aromatic nitrogens is 4. The van der Waals surface area contributed by atoms with Crippen LogP contribution >= 0.6 is 0 Å². The summed E-state index contributed by atoms with van der Waals surface area (Å²) < 4.78 is 0. The van der Waals surface area contributed by atoms with E-state index in [1.165, 1.54) is 44.6 Å². The van der Waals surface area contributed by atoms with Crippen molar-refractivity contribution in [1.29, 1.82) is 0 Å². The second-order valence-corrected chi connectivity index (χ2v) is 13.4. The molecule has 2 atom stereocenters. The Morgan fingerprint density at radius 3 is 2.30 bits per heavy atom. The second kappa shape index (κ2) is 10.5. The molecule has 4 nitrogen and oxygen atoms in total. The van der Waals surface area contributed by atoms with Gasteiger partial charge in [-0.3, -0.25) is 9.97 Å². The molecular weight excluding hydrogens is 609 g/mol. The van der Waals surface area contributed by atoms with E-state index in [1.54, 1.807) is 0 Å². The zero-order chi connectivity index (χ0) is 32.8. The van der Waals surface area contributed by atoms with Crippen molar-refractivity contribution in [2.45, 2.75) is 0 Å². The number of rotatable bonds is 3. The fourth-order valence-corrected chi connectivity index (χ4v) is 8.49. The number of allylic oxidation sites excluding steroid dienone is 14. The molecule has 4 heteroatoms. The lowest BCUT2D eigenvalue weighted by Crippen LogP contribution is -2.30. The van der Waals surface area contributed by atoms with Gasteiger partial charge in [-0.1, -0.05) is 109 Å². The van der Waals surface area contributed by atoms with Crippen molar-refractivity contribution in [3.63, 3.8) is 0 Å². The maximum absolute atomic E-state index is 5.18. The highest BCUT2D eigenvalue weighted by atomic mass is 14.8. The normalized spacial score (nSPS) is 19.0.